The van der Waals surface area contributed by atoms with Gasteiger partial charge < -0.3 is 20.3 Å². The molecular formula is C19H21N3O4. The smallest absolute Gasteiger partial charge is 0.252 e. The summed E-state index contributed by atoms with van der Waals surface area (Å²) in [5.74, 6) is 6.05. The van der Waals surface area contributed by atoms with Crippen LogP contribution < -0.4 is 15.8 Å². The minimum atomic E-state index is -0.556. The molecule has 2 rings (SSSR count). The summed E-state index contributed by atoms with van der Waals surface area (Å²) in [7, 11) is 0. The lowest BCUT2D eigenvalue weighted by molar-refractivity contribution is -0.120. The second kappa shape index (κ2) is 9.28. The molecule has 3 N–H and O–H groups in total. The van der Waals surface area contributed by atoms with E-state index in [0.29, 0.717) is 24.2 Å². The highest BCUT2D eigenvalue weighted by Crippen LogP contribution is 2.16. The Balaban J connectivity index is 1.70. The molecule has 0 saturated carbocycles. The summed E-state index contributed by atoms with van der Waals surface area (Å²) in [6, 6.07) is 6.69. The fraction of sp³-hybridized carbons (Fsp3) is 0.316. The molecule has 0 atom stereocenters. The van der Waals surface area contributed by atoms with Crippen LogP contribution in [0.1, 0.15) is 33.8 Å². The molecule has 0 spiro atoms. The average molecular weight is 355 g/mol. The molecule has 0 aliphatic carbocycles. The van der Waals surface area contributed by atoms with Crippen LogP contribution in [0.15, 0.2) is 28.8 Å². The normalized spacial score (nSPS) is 9.92. The molecular weight excluding hydrogens is 334 g/mol. The summed E-state index contributed by atoms with van der Waals surface area (Å²) in [5.41, 5.74) is 7.35. The van der Waals surface area contributed by atoms with Gasteiger partial charge in [0.1, 0.15) is 18.1 Å². The minimum Gasteiger partial charge on any atom is -0.480 e. The summed E-state index contributed by atoms with van der Waals surface area (Å²) in [4.78, 5) is 23.1. The highest BCUT2D eigenvalue weighted by Gasteiger charge is 2.10. The van der Waals surface area contributed by atoms with Crippen LogP contribution in [0.4, 0.5) is 0 Å². The maximum absolute atomic E-state index is 11.8. The van der Waals surface area contributed by atoms with Gasteiger partial charge in [0.15, 0.2) is 0 Å². The third-order valence-electron chi connectivity index (χ3n) is 3.73. The number of hydrogen-bond donors (Lipinski definition) is 2. The van der Waals surface area contributed by atoms with E-state index < -0.39 is 5.91 Å². The number of nitrogens with zero attached hydrogens (tertiary/aromatic N) is 1. The lowest BCUT2D eigenvalue weighted by Gasteiger charge is -2.05. The van der Waals surface area contributed by atoms with E-state index in [1.807, 2.05) is 13.8 Å². The van der Waals surface area contributed by atoms with E-state index >= 15 is 0 Å². The van der Waals surface area contributed by atoms with Gasteiger partial charge in [0, 0.05) is 12.0 Å². The van der Waals surface area contributed by atoms with Gasteiger partial charge in [-0.05, 0) is 32.4 Å². The predicted octanol–water partition coefficient (Wildman–Crippen LogP) is 1.52. The third-order valence-corrected chi connectivity index (χ3v) is 3.73. The summed E-state index contributed by atoms with van der Waals surface area (Å²) in [6.07, 6.45) is 0.917. The molecule has 1 aromatic carbocycles. The first-order valence-electron chi connectivity index (χ1n) is 8.15. The van der Waals surface area contributed by atoms with Gasteiger partial charge in [-0.25, -0.2) is 0 Å². The third kappa shape index (κ3) is 5.38. The zero-order valence-electron chi connectivity index (χ0n) is 14.8. The SMILES string of the molecule is Cc1noc(C)c1CCC(=O)NCC#CCOc1ccccc1C(N)=O. The van der Waals surface area contributed by atoms with Crippen molar-refractivity contribution in [2.45, 2.75) is 26.7 Å². The molecule has 2 amide bonds. The van der Waals surface area contributed by atoms with Crippen molar-refractivity contribution < 1.29 is 18.8 Å². The summed E-state index contributed by atoms with van der Waals surface area (Å²) in [5, 5.41) is 6.58. The Kier molecular flexibility index (Phi) is 6.80. The quantitative estimate of drug-likeness (QED) is 0.732. The van der Waals surface area contributed by atoms with E-state index in [0.717, 1.165) is 17.0 Å². The molecule has 7 heteroatoms. The van der Waals surface area contributed by atoms with Gasteiger partial charge in [-0.3, -0.25) is 9.59 Å². The number of aromatic nitrogens is 1. The summed E-state index contributed by atoms with van der Waals surface area (Å²) >= 11 is 0. The molecule has 1 aromatic heterocycles. The lowest BCUT2D eigenvalue weighted by Crippen LogP contribution is -2.24. The highest BCUT2D eigenvalue weighted by atomic mass is 16.5. The second-order valence-electron chi connectivity index (χ2n) is 5.58. The van der Waals surface area contributed by atoms with Gasteiger partial charge in [0.05, 0.1) is 17.8 Å². The molecule has 26 heavy (non-hydrogen) atoms. The number of amides is 2. The molecule has 7 nitrogen and oxygen atoms in total. The molecule has 0 aliphatic rings. The molecule has 0 bridgehead atoms. The highest BCUT2D eigenvalue weighted by molar-refractivity contribution is 5.95. The van der Waals surface area contributed by atoms with Crippen LogP contribution in [0.5, 0.6) is 5.75 Å². The Bertz CT molecular complexity index is 826. The molecule has 136 valence electrons. The number of hydrogen-bond acceptors (Lipinski definition) is 5. The van der Waals surface area contributed by atoms with Crippen molar-refractivity contribution in [3.8, 4) is 17.6 Å². The van der Waals surface area contributed by atoms with E-state index in [2.05, 4.69) is 22.3 Å². The Morgan fingerprint density at radius 3 is 2.73 bits per heavy atom. The topological polar surface area (TPSA) is 107 Å². The number of carbonyl (C=O) groups excluding carboxylic acids is 2. The molecule has 2 aromatic rings. The largest absolute Gasteiger partial charge is 0.480 e. The van der Waals surface area contributed by atoms with Crippen molar-refractivity contribution in [2.75, 3.05) is 13.2 Å². The van der Waals surface area contributed by atoms with Gasteiger partial charge >= 0.3 is 0 Å². The van der Waals surface area contributed by atoms with E-state index in [1.54, 1.807) is 24.3 Å². The Hall–Kier alpha value is -3.27. The van der Waals surface area contributed by atoms with Gasteiger partial charge in [-0.1, -0.05) is 29.1 Å². The van der Waals surface area contributed by atoms with Crippen molar-refractivity contribution in [3.63, 3.8) is 0 Å². The number of aryl methyl sites for hydroxylation is 2. The van der Waals surface area contributed by atoms with Gasteiger partial charge in [-0.2, -0.15) is 0 Å². The fourth-order valence-electron chi connectivity index (χ4n) is 2.35. The van der Waals surface area contributed by atoms with E-state index in [9.17, 15) is 9.59 Å². The Morgan fingerprint density at radius 2 is 2.04 bits per heavy atom. The first kappa shape index (κ1) is 19.1. The standard InChI is InChI=1S/C19H21N3O4/c1-13-15(14(2)26-22-13)9-10-18(23)21-11-5-6-12-25-17-8-4-3-7-16(17)19(20)24/h3-4,7-8H,9-12H2,1-2H3,(H2,20,24)(H,21,23). The Labute approximate surface area is 151 Å². The number of para-hydroxylation sites is 1. The summed E-state index contributed by atoms with van der Waals surface area (Å²) < 4.78 is 10.5. The molecule has 1 heterocycles. The van der Waals surface area contributed by atoms with Crippen LogP contribution in [0, 0.1) is 25.7 Å². The van der Waals surface area contributed by atoms with Crippen LogP contribution in [0.2, 0.25) is 0 Å². The van der Waals surface area contributed by atoms with Crippen LogP contribution >= 0.6 is 0 Å². The van der Waals surface area contributed by atoms with Crippen LogP contribution in [0.25, 0.3) is 0 Å². The zero-order chi connectivity index (χ0) is 18.9. The maximum atomic E-state index is 11.8. The average Bonchev–Trinajstić information content (AvgIpc) is 2.94. The number of rotatable bonds is 7. The van der Waals surface area contributed by atoms with Crippen molar-refractivity contribution >= 4 is 11.8 Å². The summed E-state index contributed by atoms with van der Waals surface area (Å²) in [6.45, 7) is 4.00. The number of benzene rings is 1. The molecule has 0 radical (unpaired) electrons. The van der Waals surface area contributed by atoms with Crippen molar-refractivity contribution in [1.29, 1.82) is 0 Å². The van der Waals surface area contributed by atoms with Crippen LogP contribution in [0.3, 0.4) is 0 Å². The van der Waals surface area contributed by atoms with Gasteiger partial charge in [0.25, 0.3) is 5.91 Å². The lowest BCUT2D eigenvalue weighted by atomic mass is 10.1. The van der Waals surface area contributed by atoms with E-state index in [4.69, 9.17) is 15.0 Å². The molecule has 0 fully saturated rings. The van der Waals surface area contributed by atoms with E-state index in [1.165, 1.54) is 0 Å². The van der Waals surface area contributed by atoms with E-state index in [-0.39, 0.29) is 19.1 Å². The van der Waals surface area contributed by atoms with Crippen molar-refractivity contribution in [3.05, 3.63) is 46.8 Å². The van der Waals surface area contributed by atoms with Crippen molar-refractivity contribution in [1.82, 2.24) is 10.5 Å². The number of nitrogens with one attached hydrogen (secondary N) is 1. The number of carbonyl (C=O) groups is 2. The molecule has 0 aliphatic heterocycles. The van der Waals surface area contributed by atoms with Crippen LogP contribution in [-0.4, -0.2) is 30.1 Å². The predicted molar refractivity (Wildman–Crippen MR) is 95.5 cm³/mol. The molecule has 0 saturated heterocycles. The second-order valence-corrected chi connectivity index (χ2v) is 5.58. The van der Waals surface area contributed by atoms with Crippen molar-refractivity contribution in [2.24, 2.45) is 5.73 Å². The minimum absolute atomic E-state index is 0.0965. The first-order chi connectivity index (χ1) is 12.5. The monoisotopic (exact) mass is 355 g/mol. The Morgan fingerprint density at radius 1 is 1.27 bits per heavy atom. The van der Waals surface area contributed by atoms with Crippen LogP contribution in [-0.2, 0) is 11.2 Å². The fourth-order valence-corrected chi connectivity index (χ4v) is 2.35. The van der Waals surface area contributed by atoms with Gasteiger partial charge in [-0.15, -0.1) is 0 Å². The molecule has 0 unspecified atom stereocenters. The van der Waals surface area contributed by atoms with Gasteiger partial charge in [0.2, 0.25) is 5.91 Å². The number of primary amides is 1. The number of ether oxygens (including phenoxy) is 1. The zero-order valence-corrected chi connectivity index (χ0v) is 14.8. The number of nitrogens with two attached hydrogens (primary N) is 1. The maximum Gasteiger partial charge on any atom is 0.252 e. The first-order valence-corrected chi connectivity index (χ1v) is 8.15.